The monoisotopic (exact) mass is 284 g/mol. The van der Waals surface area contributed by atoms with Crippen molar-refractivity contribution in [2.75, 3.05) is 20.3 Å². The summed E-state index contributed by atoms with van der Waals surface area (Å²) in [4.78, 5) is 12.1. The molecule has 0 saturated heterocycles. The molecule has 0 aliphatic heterocycles. The Hall–Kier alpha value is -0.650. The van der Waals surface area contributed by atoms with Crippen molar-refractivity contribution in [1.29, 1.82) is 0 Å². The van der Waals surface area contributed by atoms with Crippen LogP contribution in [0.5, 0.6) is 0 Å². The molecule has 2 fully saturated rings. The number of ether oxygens (including phenoxy) is 2. The van der Waals surface area contributed by atoms with Crippen LogP contribution in [0.2, 0.25) is 0 Å². The highest BCUT2D eigenvalue weighted by Gasteiger charge is 2.56. The second-order valence-corrected chi connectivity index (χ2v) is 6.10. The molecule has 5 heteroatoms. The third kappa shape index (κ3) is 3.00. The molecule has 0 aromatic heterocycles. The summed E-state index contributed by atoms with van der Waals surface area (Å²) in [6, 6.07) is -0.360. The number of hydrogen-bond donors (Lipinski definition) is 2. The van der Waals surface area contributed by atoms with Crippen LogP contribution in [0.25, 0.3) is 0 Å². The van der Waals surface area contributed by atoms with Crippen molar-refractivity contribution in [1.82, 2.24) is 5.32 Å². The third-order valence-corrected chi connectivity index (χ3v) is 4.94. The van der Waals surface area contributed by atoms with E-state index in [4.69, 9.17) is 15.2 Å². The maximum absolute atomic E-state index is 12.1. The van der Waals surface area contributed by atoms with E-state index < -0.39 is 6.04 Å². The molecule has 3 atom stereocenters. The molecule has 3 N–H and O–H groups in total. The van der Waals surface area contributed by atoms with E-state index in [2.05, 4.69) is 5.32 Å². The number of methoxy groups -OCH3 is 1. The Kier molecular flexibility index (Phi) is 5.41. The van der Waals surface area contributed by atoms with E-state index >= 15 is 0 Å². The van der Waals surface area contributed by atoms with Crippen molar-refractivity contribution in [2.24, 2.45) is 11.1 Å². The standard InChI is InChI=1S/C15H28N2O3/c1-3-20-13-9-12(15(13)7-5-4-6-8-15)17-14(18)11(16)10-19-2/h11-13H,3-10,16H2,1-2H3,(H,17,18). The number of carbonyl (C=O) groups excluding carboxylic acids is 1. The van der Waals surface area contributed by atoms with Crippen molar-refractivity contribution in [3.05, 3.63) is 0 Å². The molecule has 20 heavy (non-hydrogen) atoms. The number of rotatable bonds is 6. The van der Waals surface area contributed by atoms with Gasteiger partial charge in [0.05, 0.1) is 12.7 Å². The summed E-state index contributed by atoms with van der Waals surface area (Å²) in [5, 5.41) is 3.13. The Morgan fingerprint density at radius 3 is 2.70 bits per heavy atom. The zero-order valence-electron chi connectivity index (χ0n) is 12.7. The van der Waals surface area contributed by atoms with Crippen LogP contribution in [0.4, 0.5) is 0 Å². The van der Waals surface area contributed by atoms with Crippen LogP contribution in [0.15, 0.2) is 0 Å². The molecule has 116 valence electrons. The van der Waals surface area contributed by atoms with Gasteiger partial charge in [0, 0.05) is 25.2 Å². The average molecular weight is 284 g/mol. The summed E-state index contributed by atoms with van der Waals surface area (Å²) in [5.41, 5.74) is 5.95. The van der Waals surface area contributed by atoms with Crippen LogP contribution >= 0.6 is 0 Å². The first kappa shape index (κ1) is 15.7. The van der Waals surface area contributed by atoms with Gasteiger partial charge in [-0.1, -0.05) is 19.3 Å². The minimum atomic E-state index is -0.577. The molecule has 2 rings (SSSR count). The lowest BCUT2D eigenvalue weighted by atomic mass is 9.55. The highest BCUT2D eigenvalue weighted by Crippen LogP contribution is 2.53. The highest BCUT2D eigenvalue weighted by atomic mass is 16.5. The van der Waals surface area contributed by atoms with Crippen molar-refractivity contribution >= 4 is 5.91 Å². The minimum absolute atomic E-state index is 0.100. The van der Waals surface area contributed by atoms with Gasteiger partial charge < -0.3 is 20.5 Å². The lowest BCUT2D eigenvalue weighted by Crippen LogP contribution is -2.66. The van der Waals surface area contributed by atoms with Gasteiger partial charge in [0.15, 0.2) is 0 Å². The van der Waals surface area contributed by atoms with E-state index in [9.17, 15) is 4.79 Å². The maximum atomic E-state index is 12.1. The van der Waals surface area contributed by atoms with E-state index in [0.717, 1.165) is 25.9 Å². The Morgan fingerprint density at radius 2 is 2.10 bits per heavy atom. The van der Waals surface area contributed by atoms with Crippen molar-refractivity contribution in [3.63, 3.8) is 0 Å². The molecular formula is C15H28N2O3. The average Bonchev–Trinajstić information content (AvgIpc) is 2.47. The van der Waals surface area contributed by atoms with E-state index in [0.29, 0.717) is 6.10 Å². The fourth-order valence-corrected chi connectivity index (χ4v) is 3.80. The lowest BCUT2D eigenvalue weighted by molar-refractivity contribution is -0.157. The first-order valence-electron chi connectivity index (χ1n) is 7.80. The van der Waals surface area contributed by atoms with Gasteiger partial charge in [-0.3, -0.25) is 4.79 Å². The van der Waals surface area contributed by atoms with Gasteiger partial charge in [-0.2, -0.15) is 0 Å². The van der Waals surface area contributed by atoms with Crippen molar-refractivity contribution in [2.45, 2.75) is 63.6 Å². The summed E-state index contributed by atoms with van der Waals surface area (Å²) in [6.07, 6.45) is 7.30. The van der Waals surface area contributed by atoms with Gasteiger partial charge in [-0.25, -0.2) is 0 Å². The first-order chi connectivity index (χ1) is 9.64. The van der Waals surface area contributed by atoms with Gasteiger partial charge in [0.2, 0.25) is 5.91 Å². The third-order valence-electron chi connectivity index (χ3n) is 4.94. The zero-order chi connectivity index (χ0) is 14.6. The van der Waals surface area contributed by atoms with E-state index in [1.54, 1.807) is 7.11 Å². The van der Waals surface area contributed by atoms with Gasteiger partial charge in [0.1, 0.15) is 6.04 Å². The minimum Gasteiger partial charge on any atom is -0.383 e. The Labute approximate surface area is 121 Å². The number of nitrogens with two attached hydrogens (primary N) is 1. The topological polar surface area (TPSA) is 73.6 Å². The normalized spacial score (nSPS) is 29.8. The largest absolute Gasteiger partial charge is 0.383 e. The van der Waals surface area contributed by atoms with Crippen LogP contribution in [0.1, 0.15) is 45.4 Å². The molecule has 1 spiro atoms. The van der Waals surface area contributed by atoms with Crippen molar-refractivity contribution in [3.8, 4) is 0 Å². The Bertz CT molecular complexity index is 329. The second-order valence-electron chi connectivity index (χ2n) is 6.10. The fourth-order valence-electron chi connectivity index (χ4n) is 3.80. The molecule has 5 nitrogen and oxygen atoms in total. The van der Waals surface area contributed by atoms with E-state index in [-0.39, 0.29) is 24.0 Å². The molecule has 2 saturated carbocycles. The van der Waals surface area contributed by atoms with E-state index in [1.807, 2.05) is 6.92 Å². The summed E-state index contributed by atoms with van der Waals surface area (Å²) in [6.45, 7) is 3.05. The van der Waals surface area contributed by atoms with Gasteiger partial charge in [-0.05, 0) is 26.2 Å². The number of hydrogen-bond acceptors (Lipinski definition) is 4. The lowest BCUT2D eigenvalue weighted by Gasteiger charge is -2.57. The van der Waals surface area contributed by atoms with Crippen LogP contribution in [-0.2, 0) is 14.3 Å². The Morgan fingerprint density at radius 1 is 1.40 bits per heavy atom. The number of nitrogens with one attached hydrogen (secondary N) is 1. The molecule has 0 bridgehead atoms. The van der Waals surface area contributed by atoms with Gasteiger partial charge >= 0.3 is 0 Å². The van der Waals surface area contributed by atoms with Crippen LogP contribution in [0.3, 0.4) is 0 Å². The number of amides is 1. The Balaban J connectivity index is 1.95. The van der Waals surface area contributed by atoms with Crippen LogP contribution in [0, 0.1) is 5.41 Å². The smallest absolute Gasteiger partial charge is 0.239 e. The SMILES string of the molecule is CCOC1CC(NC(=O)C(N)COC)C12CCCCC2. The zero-order valence-corrected chi connectivity index (χ0v) is 12.7. The molecule has 3 unspecified atom stereocenters. The van der Waals surface area contributed by atoms with Crippen LogP contribution < -0.4 is 11.1 Å². The molecule has 0 aromatic rings. The molecular weight excluding hydrogens is 256 g/mol. The quantitative estimate of drug-likeness (QED) is 0.769. The number of carbonyl (C=O) groups is 1. The second kappa shape index (κ2) is 6.87. The van der Waals surface area contributed by atoms with Gasteiger partial charge in [-0.15, -0.1) is 0 Å². The summed E-state index contributed by atoms with van der Waals surface area (Å²) < 4.78 is 10.8. The predicted octanol–water partition coefficient (Wildman–Crippen LogP) is 1.20. The first-order valence-corrected chi connectivity index (χ1v) is 7.80. The molecule has 0 radical (unpaired) electrons. The van der Waals surface area contributed by atoms with Gasteiger partial charge in [0.25, 0.3) is 0 Å². The van der Waals surface area contributed by atoms with E-state index in [1.165, 1.54) is 19.3 Å². The predicted molar refractivity (Wildman–Crippen MR) is 77.3 cm³/mol. The van der Waals surface area contributed by atoms with Crippen LogP contribution in [-0.4, -0.2) is 44.4 Å². The highest BCUT2D eigenvalue weighted by molar-refractivity contribution is 5.82. The molecule has 0 aromatic carbocycles. The fraction of sp³-hybridized carbons (Fsp3) is 0.933. The summed E-state index contributed by atoms with van der Waals surface area (Å²) >= 11 is 0. The van der Waals surface area contributed by atoms with Crippen molar-refractivity contribution < 1.29 is 14.3 Å². The molecule has 2 aliphatic carbocycles. The molecule has 1 amide bonds. The summed E-state index contributed by atoms with van der Waals surface area (Å²) in [7, 11) is 1.56. The molecule has 2 aliphatic rings. The molecule has 0 heterocycles. The maximum Gasteiger partial charge on any atom is 0.239 e. The summed E-state index contributed by atoms with van der Waals surface area (Å²) in [5.74, 6) is -0.100.